The molecule has 10 aliphatic rings. The lowest BCUT2D eigenvalue weighted by Crippen LogP contribution is -2.58. The molecule has 4 aromatic carbocycles. The van der Waals surface area contributed by atoms with Crippen molar-refractivity contribution in [2.24, 2.45) is 0 Å². The number of aromatic nitrogens is 12. The predicted molar refractivity (Wildman–Crippen MR) is 427 cm³/mol. The Labute approximate surface area is 640 Å². The number of piperidine rings is 1. The van der Waals surface area contributed by atoms with Crippen LogP contribution in [0.2, 0.25) is 0 Å². The van der Waals surface area contributed by atoms with Crippen LogP contribution in [-0.2, 0) is 6.42 Å². The van der Waals surface area contributed by atoms with Gasteiger partial charge in [0.1, 0.15) is 72.5 Å². The van der Waals surface area contributed by atoms with Crippen molar-refractivity contribution in [2.75, 3.05) is 121 Å². The Morgan fingerprint density at radius 1 is 0.382 bits per heavy atom. The van der Waals surface area contributed by atoms with E-state index in [1.165, 1.54) is 55.5 Å². The second-order valence-corrected chi connectivity index (χ2v) is 31.3. The summed E-state index contributed by atoms with van der Waals surface area (Å²) in [5.74, 6) is 6.19. The Bertz CT molecular complexity index is 5290. The number of halogens is 1. The fourth-order valence-corrected chi connectivity index (χ4v) is 17.8. The van der Waals surface area contributed by atoms with Crippen LogP contribution in [0, 0.1) is 27.7 Å². The van der Waals surface area contributed by atoms with E-state index < -0.39 is 6.17 Å². The van der Waals surface area contributed by atoms with Crippen molar-refractivity contribution in [1.82, 2.24) is 82.9 Å². The Morgan fingerprint density at radius 3 is 1.33 bits per heavy atom. The zero-order chi connectivity index (χ0) is 74.3. The number of benzene rings is 4. The molecule has 10 aliphatic heterocycles. The number of nitrogens with one attached hydrogen (secondary N) is 3. The largest absolute Gasteiger partial charge is 0.492 e. The van der Waals surface area contributed by atoms with Crippen molar-refractivity contribution in [3.05, 3.63) is 175 Å². The standard InChI is InChI=1S/C23H28N6O.C21H25N5O.C21H24N4O.C20H22FN5O/c1-16-4-5-19-11-20(16)21-12-25-29-9-6-22(26-23(21)29)24-7-10-28-13-17-3-2-8-27(17)14-18(28)15-30-19;1-14-3-4-16-12-18(14)19-13-23-26-9-6-20(24-21(19)26)22-7-10-25-8-5-17(27-16)11-15(25)2;1-15-6-7-18-12-19(15)20-13-22-25-11-8-16(23-21(20)25)4-2-9-24-10-3-5-17(24)14-26-18;1-13-2-3-16-9-17(13)18-10-23-26-6-4-19(24-20(18)26)22-5-7-25-11-14(21)8-15(25)12-27-16/h4-6,9,11-12,17-18H,2-3,7-8,10,13-15H2,1H3,(H,24,26);3-4,6,9,12-13,15,17H,5,7-8,10-11H2,1-2H3,(H,22,24);6-8,11-13,17H,2-5,9-10,14H2,1H3;2-4,6,9-10,14-15H,5,7-8,11-12H2,1H3,(H,22,24)/t17-,18-;15-,17-;17-;14-,15-/m0000/s1. The summed E-state index contributed by atoms with van der Waals surface area (Å²) in [6, 6.07) is 35.4. The highest BCUT2D eigenvalue weighted by atomic mass is 19.1. The van der Waals surface area contributed by atoms with Gasteiger partial charge in [-0.25, -0.2) is 42.4 Å². The molecule has 25 heteroatoms. The highest BCUT2D eigenvalue weighted by Crippen LogP contribution is 2.38. The van der Waals surface area contributed by atoms with E-state index in [0.29, 0.717) is 50.3 Å². The van der Waals surface area contributed by atoms with Crippen LogP contribution in [-0.4, -0.2) is 230 Å². The van der Waals surface area contributed by atoms with E-state index in [1.54, 1.807) is 4.52 Å². The van der Waals surface area contributed by atoms with E-state index in [2.05, 4.69) is 156 Å². The first kappa shape index (κ1) is 71.3. The normalized spacial score (nSPS) is 23.4. The topological polar surface area (TPSA) is 210 Å². The number of aryl methyl sites for hydroxylation is 5. The number of rotatable bonds is 0. The molecule has 18 bridgehead atoms. The summed E-state index contributed by atoms with van der Waals surface area (Å²) in [5.41, 5.74) is 18.0. The maximum atomic E-state index is 14.0. The first-order valence-corrected chi connectivity index (χ1v) is 39.8. The lowest BCUT2D eigenvalue weighted by molar-refractivity contribution is 0.0301. The molecule has 0 saturated carbocycles. The molecule has 24 nitrogen and oxygen atoms in total. The fraction of sp³-hybridized carbons (Fsp3) is 0.435. The minimum absolute atomic E-state index is 0.0941. The number of hydrogen-bond acceptors (Lipinski definition) is 20. The van der Waals surface area contributed by atoms with Gasteiger partial charge >= 0.3 is 0 Å². The molecule has 0 aliphatic carbocycles. The van der Waals surface area contributed by atoms with E-state index in [0.717, 1.165) is 217 Å². The highest BCUT2D eigenvalue weighted by Gasteiger charge is 2.38. The van der Waals surface area contributed by atoms with Crippen molar-refractivity contribution in [3.8, 4) is 67.5 Å². The monoisotopic (exact) mass is 1480 g/mol. The molecule has 570 valence electrons. The van der Waals surface area contributed by atoms with Gasteiger partial charge in [0.25, 0.3) is 0 Å². The average Bonchev–Trinajstić information content (AvgIpc) is 1.62. The zero-order valence-corrected chi connectivity index (χ0v) is 63.7. The van der Waals surface area contributed by atoms with Gasteiger partial charge in [0.15, 0.2) is 22.6 Å². The number of anilines is 3. The first-order chi connectivity index (χ1) is 53.9. The highest BCUT2D eigenvalue weighted by molar-refractivity contribution is 5.83. The van der Waals surface area contributed by atoms with Gasteiger partial charge in [0, 0.05) is 142 Å². The first-order valence-electron chi connectivity index (χ1n) is 39.8. The summed E-state index contributed by atoms with van der Waals surface area (Å²) < 4.78 is 46.3. The van der Waals surface area contributed by atoms with Crippen LogP contribution >= 0.6 is 0 Å². The second-order valence-electron chi connectivity index (χ2n) is 31.3. The Morgan fingerprint density at radius 2 is 0.800 bits per heavy atom. The number of fused-ring (bicyclic) bond motifs is 20. The third kappa shape index (κ3) is 15.1. The van der Waals surface area contributed by atoms with Gasteiger partial charge < -0.3 is 34.9 Å². The minimum atomic E-state index is -0.787. The molecule has 18 heterocycles. The van der Waals surface area contributed by atoms with Gasteiger partial charge in [-0.3, -0.25) is 24.5 Å². The molecule has 12 aromatic rings. The van der Waals surface area contributed by atoms with Crippen LogP contribution in [0.3, 0.4) is 0 Å². The SMILES string of the molecule is Cc1ccc2cc1-c1cnn3ccc(nc13)CCCN1CCC[C@H]1CO2.Cc1ccc2cc1-c1cnn3ccc(nc13)NCCN1CC[C@@H](C[C@@H]1C)O2.Cc1ccc2cc1-c1cnn3ccc(nc13)NCCN1C[C@@H](F)C[C@H]1CO2.Cc1ccc2cc1-c1cnn3ccc(nc13)NCCN1C[C@@H]3CCCN3C[C@H]1CO2. The lowest BCUT2D eigenvalue weighted by Gasteiger charge is -2.43. The molecule has 3 N–H and O–H groups in total. The quantitative estimate of drug-likeness (QED) is 0.129. The summed E-state index contributed by atoms with van der Waals surface area (Å²) in [6.45, 7) is 25.3. The van der Waals surface area contributed by atoms with Crippen LogP contribution in [0.1, 0.15) is 86.2 Å². The van der Waals surface area contributed by atoms with Gasteiger partial charge in [-0.15, -0.1) is 0 Å². The maximum absolute atomic E-state index is 14.0. The van der Waals surface area contributed by atoms with Gasteiger partial charge in [-0.2, -0.15) is 20.4 Å². The summed E-state index contributed by atoms with van der Waals surface area (Å²) in [5, 5.41) is 28.3. The summed E-state index contributed by atoms with van der Waals surface area (Å²) in [7, 11) is 0. The van der Waals surface area contributed by atoms with E-state index in [1.807, 2.05) is 99.5 Å². The molecule has 5 saturated heterocycles. The lowest BCUT2D eigenvalue weighted by atomic mass is 10.00. The van der Waals surface area contributed by atoms with E-state index in [4.69, 9.17) is 38.9 Å². The van der Waals surface area contributed by atoms with Gasteiger partial charge in [-0.05, 0) is 229 Å². The molecule has 0 radical (unpaired) electrons. The summed E-state index contributed by atoms with van der Waals surface area (Å²) in [6.07, 6.45) is 24.9. The number of alkyl halides is 1. The fourth-order valence-electron chi connectivity index (χ4n) is 17.8. The molecule has 0 amide bonds. The Balaban J connectivity index is 0.000000103. The molecule has 1 unspecified atom stereocenters. The third-order valence-electron chi connectivity index (χ3n) is 24.0. The van der Waals surface area contributed by atoms with Crippen molar-refractivity contribution in [1.29, 1.82) is 0 Å². The molecule has 0 spiro atoms. The number of ether oxygens (including phenoxy) is 4. The van der Waals surface area contributed by atoms with Crippen LogP contribution in [0.5, 0.6) is 23.0 Å². The average molecular weight is 1480 g/mol. The van der Waals surface area contributed by atoms with Crippen LogP contribution < -0.4 is 34.9 Å². The van der Waals surface area contributed by atoms with Crippen LogP contribution in [0.4, 0.5) is 21.8 Å². The van der Waals surface area contributed by atoms with Crippen LogP contribution in [0.15, 0.2) is 147 Å². The summed E-state index contributed by atoms with van der Waals surface area (Å²) >= 11 is 0. The van der Waals surface area contributed by atoms with Gasteiger partial charge in [-0.1, -0.05) is 24.3 Å². The zero-order valence-electron chi connectivity index (χ0n) is 63.7. The number of piperazine rings is 1. The third-order valence-corrected chi connectivity index (χ3v) is 24.0. The molecule has 8 aromatic heterocycles. The van der Waals surface area contributed by atoms with Crippen LogP contribution in [0.25, 0.3) is 67.1 Å². The molecule has 22 rings (SSSR count). The molecular weight excluding hydrogens is 1380 g/mol. The van der Waals surface area contributed by atoms with Crippen molar-refractivity contribution in [2.45, 2.75) is 135 Å². The number of nitrogens with zero attached hydrogens (tertiary/aromatic N) is 17. The second kappa shape index (κ2) is 31.2. The predicted octanol–water partition coefficient (Wildman–Crippen LogP) is 12.4. The Kier molecular flexibility index (Phi) is 20.2. The van der Waals surface area contributed by atoms with Gasteiger partial charge in [0.05, 0.1) is 30.8 Å². The molecule has 110 heavy (non-hydrogen) atoms. The number of hydrogen-bond donors (Lipinski definition) is 3. The Hall–Kier alpha value is -10.3. The molecule has 5 fully saturated rings. The van der Waals surface area contributed by atoms with Crippen molar-refractivity contribution in [3.63, 3.8) is 0 Å². The van der Waals surface area contributed by atoms with Crippen molar-refractivity contribution < 1.29 is 23.3 Å². The summed E-state index contributed by atoms with van der Waals surface area (Å²) in [4.78, 5) is 32.0. The smallest absolute Gasteiger partial charge is 0.165 e. The van der Waals surface area contributed by atoms with Gasteiger partial charge in [0.2, 0.25) is 0 Å². The van der Waals surface area contributed by atoms with E-state index in [-0.39, 0.29) is 12.1 Å². The van der Waals surface area contributed by atoms with Crippen molar-refractivity contribution >= 4 is 40.0 Å². The maximum Gasteiger partial charge on any atom is 0.165 e. The van der Waals surface area contributed by atoms with E-state index in [9.17, 15) is 4.39 Å². The minimum Gasteiger partial charge on any atom is -0.492 e. The molecular formula is C85H99FN20O4. The van der Waals surface area contributed by atoms with E-state index >= 15 is 0 Å². The molecule has 8 atom stereocenters.